The Balaban J connectivity index is 2.08. The molecule has 23 heavy (non-hydrogen) atoms. The number of rotatable bonds is 6. The average molecular weight is 339 g/mol. The summed E-state index contributed by atoms with van der Waals surface area (Å²) in [5, 5.41) is 0.659. The molecular weight excluding hydrogens is 312 g/mol. The Morgan fingerprint density at radius 2 is 2.22 bits per heavy atom. The maximum atomic E-state index is 12.9. The van der Waals surface area contributed by atoms with Gasteiger partial charge in [0.25, 0.3) is 0 Å². The molecule has 1 unspecified atom stereocenters. The molecule has 1 amide bonds. The average Bonchev–Trinajstić information content (AvgIpc) is 2.55. The number of carbonyl (C=O) groups is 1. The van der Waals surface area contributed by atoms with Crippen LogP contribution in [-0.2, 0) is 11.3 Å². The van der Waals surface area contributed by atoms with Crippen LogP contribution < -0.4 is 4.74 Å². The monoisotopic (exact) mass is 338 g/mol. The molecule has 0 spiro atoms. The van der Waals surface area contributed by atoms with Crippen LogP contribution in [0.5, 0.6) is 5.75 Å². The molecular formula is C18H27ClN2O2. The van der Waals surface area contributed by atoms with Crippen LogP contribution in [0.15, 0.2) is 18.2 Å². The van der Waals surface area contributed by atoms with Crippen molar-refractivity contribution in [3.05, 3.63) is 28.8 Å². The number of piperidine rings is 1. The lowest BCUT2D eigenvalue weighted by atomic mass is 10.0. The van der Waals surface area contributed by atoms with E-state index in [0.717, 1.165) is 43.7 Å². The van der Waals surface area contributed by atoms with Crippen molar-refractivity contribution in [2.45, 2.75) is 45.2 Å². The van der Waals surface area contributed by atoms with Crippen LogP contribution in [0.1, 0.15) is 38.2 Å². The number of hydrogen-bond acceptors (Lipinski definition) is 3. The van der Waals surface area contributed by atoms with Gasteiger partial charge in [-0.05, 0) is 50.6 Å². The molecule has 1 aliphatic rings. The van der Waals surface area contributed by atoms with Gasteiger partial charge >= 0.3 is 0 Å². The van der Waals surface area contributed by atoms with E-state index >= 15 is 0 Å². The smallest absolute Gasteiger partial charge is 0.239 e. The van der Waals surface area contributed by atoms with E-state index in [2.05, 4.69) is 11.8 Å². The second-order valence-corrected chi connectivity index (χ2v) is 6.63. The standard InChI is InChI=1S/C18H27ClN2O2/c1-4-10-21-11-6-5-7-16(21)18(22)20(2)13-14-12-15(19)8-9-17(14)23-3/h8-9,12,16H,4-7,10-11,13H2,1-3H3. The predicted octanol–water partition coefficient (Wildman–Crippen LogP) is 3.57. The van der Waals surface area contributed by atoms with Crippen LogP contribution >= 0.6 is 11.6 Å². The first kappa shape index (κ1) is 18.1. The fourth-order valence-electron chi connectivity index (χ4n) is 3.28. The topological polar surface area (TPSA) is 32.8 Å². The number of halogens is 1. The first-order chi connectivity index (χ1) is 11.1. The zero-order valence-corrected chi connectivity index (χ0v) is 15.1. The molecule has 1 aromatic carbocycles. The van der Waals surface area contributed by atoms with Gasteiger partial charge in [-0.25, -0.2) is 0 Å². The molecule has 1 fully saturated rings. The SMILES string of the molecule is CCCN1CCCCC1C(=O)N(C)Cc1cc(Cl)ccc1OC. The van der Waals surface area contributed by atoms with Gasteiger partial charge in [0.2, 0.25) is 5.91 Å². The number of likely N-dealkylation sites (tertiary alicyclic amines) is 1. The molecule has 0 aromatic heterocycles. The normalized spacial score (nSPS) is 18.7. The highest BCUT2D eigenvalue weighted by atomic mass is 35.5. The van der Waals surface area contributed by atoms with Crippen LogP contribution in [0.25, 0.3) is 0 Å². The molecule has 1 heterocycles. The van der Waals surface area contributed by atoms with Crippen molar-refractivity contribution in [3.63, 3.8) is 0 Å². The highest BCUT2D eigenvalue weighted by Gasteiger charge is 2.30. The lowest BCUT2D eigenvalue weighted by molar-refractivity contribution is -0.137. The third kappa shape index (κ3) is 4.61. The van der Waals surface area contributed by atoms with E-state index in [0.29, 0.717) is 11.6 Å². The fraction of sp³-hybridized carbons (Fsp3) is 0.611. The molecule has 0 N–H and O–H groups in total. The maximum absolute atomic E-state index is 12.9. The largest absolute Gasteiger partial charge is 0.496 e. The first-order valence-electron chi connectivity index (χ1n) is 8.38. The van der Waals surface area contributed by atoms with E-state index < -0.39 is 0 Å². The minimum absolute atomic E-state index is 0.0129. The Morgan fingerprint density at radius 3 is 2.91 bits per heavy atom. The predicted molar refractivity (Wildman–Crippen MR) is 94.0 cm³/mol. The Hall–Kier alpha value is -1.26. The molecule has 5 heteroatoms. The van der Waals surface area contributed by atoms with Crippen molar-refractivity contribution < 1.29 is 9.53 Å². The minimum Gasteiger partial charge on any atom is -0.496 e. The van der Waals surface area contributed by atoms with Gasteiger partial charge in [-0.3, -0.25) is 9.69 Å². The third-order valence-corrected chi connectivity index (χ3v) is 4.67. The van der Waals surface area contributed by atoms with Crippen molar-refractivity contribution in [1.29, 1.82) is 0 Å². The molecule has 0 radical (unpaired) electrons. The Labute approximate surface area is 144 Å². The number of methoxy groups -OCH3 is 1. The number of amides is 1. The molecule has 128 valence electrons. The van der Waals surface area contributed by atoms with E-state index in [9.17, 15) is 4.79 Å². The van der Waals surface area contributed by atoms with Crippen molar-refractivity contribution in [3.8, 4) is 5.75 Å². The summed E-state index contributed by atoms with van der Waals surface area (Å²) in [5.74, 6) is 0.961. The summed E-state index contributed by atoms with van der Waals surface area (Å²) in [7, 11) is 3.50. The molecule has 4 nitrogen and oxygen atoms in total. The van der Waals surface area contributed by atoms with Gasteiger partial charge in [0.1, 0.15) is 5.75 Å². The molecule has 1 aromatic rings. The summed E-state index contributed by atoms with van der Waals surface area (Å²) >= 11 is 6.08. The van der Waals surface area contributed by atoms with E-state index in [1.54, 1.807) is 18.1 Å². The van der Waals surface area contributed by atoms with Crippen molar-refractivity contribution >= 4 is 17.5 Å². The second-order valence-electron chi connectivity index (χ2n) is 6.20. The van der Waals surface area contributed by atoms with Crippen LogP contribution in [0, 0.1) is 0 Å². The molecule has 0 bridgehead atoms. The second kappa shape index (κ2) is 8.55. The summed E-state index contributed by atoms with van der Waals surface area (Å²) in [6.45, 7) is 4.69. The highest BCUT2D eigenvalue weighted by Crippen LogP contribution is 2.25. The zero-order chi connectivity index (χ0) is 16.8. The van der Waals surface area contributed by atoms with Crippen molar-refractivity contribution in [2.24, 2.45) is 0 Å². The number of nitrogens with zero attached hydrogens (tertiary/aromatic N) is 2. The first-order valence-corrected chi connectivity index (χ1v) is 8.76. The zero-order valence-electron chi connectivity index (χ0n) is 14.3. The van der Waals surface area contributed by atoms with Crippen molar-refractivity contribution in [2.75, 3.05) is 27.2 Å². The van der Waals surface area contributed by atoms with Crippen LogP contribution in [0.4, 0.5) is 0 Å². The molecule has 0 saturated carbocycles. The lowest BCUT2D eigenvalue weighted by Gasteiger charge is -2.36. The number of likely N-dealkylation sites (N-methyl/N-ethyl adjacent to an activating group) is 1. The number of benzene rings is 1. The van der Waals surface area contributed by atoms with Gasteiger partial charge in [0.15, 0.2) is 0 Å². The van der Waals surface area contributed by atoms with Gasteiger partial charge in [-0.15, -0.1) is 0 Å². The van der Waals surface area contributed by atoms with E-state index in [-0.39, 0.29) is 11.9 Å². The molecule has 1 atom stereocenters. The number of carbonyl (C=O) groups excluding carboxylic acids is 1. The number of ether oxygens (including phenoxy) is 1. The van der Waals surface area contributed by atoms with Gasteiger partial charge in [-0.2, -0.15) is 0 Å². The van der Waals surface area contributed by atoms with E-state index in [1.165, 1.54) is 6.42 Å². The van der Waals surface area contributed by atoms with Crippen LogP contribution in [0.2, 0.25) is 5.02 Å². The van der Waals surface area contributed by atoms with E-state index in [1.807, 2.05) is 19.2 Å². The summed E-state index contributed by atoms with van der Waals surface area (Å²) in [5.41, 5.74) is 0.939. The summed E-state index contributed by atoms with van der Waals surface area (Å²) < 4.78 is 5.38. The van der Waals surface area contributed by atoms with Gasteiger partial charge < -0.3 is 9.64 Å². The third-order valence-electron chi connectivity index (χ3n) is 4.44. The Bertz CT molecular complexity index is 534. The van der Waals surface area contributed by atoms with Crippen LogP contribution in [0.3, 0.4) is 0 Å². The van der Waals surface area contributed by atoms with Crippen molar-refractivity contribution in [1.82, 2.24) is 9.80 Å². The lowest BCUT2D eigenvalue weighted by Crippen LogP contribution is -2.49. The molecule has 1 aliphatic heterocycles. The Kier molecular flexibility index (Phi) is 6.72. The molecule has 0 aliphatic carbocycles. The highest BCUT2D eigenvalue weighted by molar-refractivity contribution is 6.30. The molecule has 1 saturated heterocycles. The fourth-order valence-corrected chi connectivity index (χ4v) is 3.48. The maximum Gasteiger partial charge on any atom is 0.239 e. The van der Waals surface area contributed by atoms with Gasteiger partial charge in [0, 0.05) is 24.2 Å². The van der Waals surface area contributed by atoms with Gasteiger partial charge in [0.05, 0.1) is 13.2 Å². The molecule has 2 rings (SSSR count). The quantitative estimate of drug-likeness (QED) is 0.795. The van der Waals surface area contributed by atoms with Gasteiger partial charge in [-0.1, -0.05) is 24.9 Å². The summed E-state index contributed by atoms with van der Waals surface area (Å²) in [4.78, 5) is 17.0. The summed E-state index contributed by atoms with van der Waals surface area (Å²) in [6, 6.07) is 5.53. The minimum atomic E-state index is 0.0129. The summed E-state index contributed by atoms with van der Waals surface area (Å²) in [6.07, 6.45) is 4.35. The van der Waals surface area contributed by atoms with E-state index in [4.69, 9.17) is 16.3 Å². The Morgan fingerprint density at radius 1 is 1.43 bits per heavy atom. The number of hydrogen-bond donors (Lipinski definition) is 0. The van der Waals surface area contributed by atoms with Crippen LogP contribution in [-0.4, -0.2) is 49.0 Å².